The van der Waals surface area contributed by atoms with E-state index in [0.29, 0.717) is 11.6 Å². The Kier molecular flexibility index (Phi) is 3.36. The third kappa shape index (κ3) is 1.94. The van der Waals surface area contributed by atoms with Crippen LogP contribution in [0, 0.1) is 5.92 Å². The Balaban J connectivity index is 2.13. The maximum Gasteiger partial charge on any atom is 0.0362 e. The largest absolute Gasteiger partial charge is 0.326 e. The third-order valence-corrected chi connectivity index (χ3v) is 4.61. The Hall–Kier alpha value is -0.0800. The molecule has 0 aromatic heterocycles. The van der Waals surface area contributed by atoms with E-state index in [-0.39, 0.29) is 0 Å². The molecule has 0 spiro atoms. The lowest BCUT2D eigenvalue weighted by molar-refractivity contribution is 0.0697. The highest BCUT2D eigenvalue weighted by Crippen LogP contribution is 2.45. The Morgan fingerprint density at radius 1 is 1.20 bits per heavy atom. The van der Waals surface area contributed by atoms with Gasteiger partial charge in [0.15, 0.2) is 0 Å². The first-order chi connectivity index (χ1) is 7.24. The maximum absolute atomic E-state index is 6.53. The summed E-state index contributed by atoms with van der Waals surface area (Å²) in [4.78, 5) is 2.64. The van der Waals surface area contributed by atoms with E-state index in [1.165, 1.54) is 38.5 Å². The van der Waals surface area contributed by atoms with Crippen LogP contribution in [0.4, 0.5) is 0 Å². The number of nitrogens with two attached hydrogens (primary N) is 1. The minimum atomic E-state index is 0.366. The molecule has 2 saturated carbocycles. The van der Waals surface area contributed by atoms with Crippen molar-refractivity contribution in [1.82, 2.24) is 4.90 Å². The molecule has 88 valence electrons. The van der Waals surface area contributed by atoms with Crippen molar-refractivity contribution in [2.75, 3.05) is 13.1 Å². The Morgan fingerprint density at radius 3 is 2.13 bits per heavy atom. The van der Waals surface area contributed by atoms with Crippen molar-refractivity contribution in [2.24, 2.45) is 11.7 Å². The number of rotatable bonds is 5. The average molecular weight is 210 g/mol. The fourth-order valence-electron chi connectivity index (χ4n) is 3.60. The lowest BCUT2D eigenvalue weighted by Gasteiger charge is -2.45. The molecule has 2 N–H and O–H groups in total. The van der Waals surface area contributed by atoms with E-state index in [1.807, 2.05) is 0 Å². The monoisotopic (exact) mass is 210 g/mol. The molecule has 2 aliphatic carbocycles. The van der Waals surface area contributed by atoms with Gasteiger partial charge in [0.2, 0.25) is 0 Å². The average Bonchev–Trinajstić information content (AvgIpc) is 2.99. The lowest BCUT2D eigenvalue weighted by Crippen LogP contribution is -2.59. The molecule has 2 rings (SSSR count). The van der Waals surface area contributed by atoms with E-state index in [4.69, 9.17) is 5.73 Å². The molecule has 0 heterocycles. The van der Waals surface area contributed by atoms with Crippen LogP contribution in [0.15, 0.2) is 0 Å². The summed E-state index contributed by atoms with van der Waals surface area (Å²) >= 11 is 0. The molecule has 0 bridgehead atoms. The third-order valence-electron chi connectivity index (χ3n) is 4.61. The van der Waals surface area contributed by atoms with Crippen LogP contribution < -0.4 is 5.73 Å². The molecule has 0 saturated heterocycles. The second kappa shape index (κ2) is 4.42. The summed E-state index contributed by atoms with van der Waals surface area (Å²) in [5.74, 6) is 0.837. The molecule has 0 amide bonds. The normalized spacial score (nSPS) is 27.2. The first-order valence-electron chi connectivity index (χ1n) is 6.75. The van der Waals surface area contributed by atoms with Gasteiger partial charge in [-0.2, -0.15) is 0 Å². The van der Waals surface area contributed by atoms with Crippen molar-refractivity contribution in [3.63, 3.8) is 0 Å². The Bertz CT molecular complexity index is 197. The smallest absolute Gasteiger partial charge is 0.0362 e. The van der Waals surface area contributed by atoms with Crippen molar-refractivity contribution < 1.29 is 0 Å². The van der Waals surface area contributed by atoms with Crippen LogP contribution in [0.3, 0.4) is 0 Å². The van der Waals surface area contributed by atoms with Gasteiger partial charge in [0.1, 0.15) is 0 Å². The molecule has 1 unspecified atom stereocenters. The predicted molar refractivity (Wildman–Crippen MR) is 64.8 cm³/mol. The van der Waals surface area contributed by atoms with Gasteiger partial charge in [-0.25, -0.2) is 0 Å². The first kappa shape index (κ1) is 11.4. The Labute approximate surface area is 94.2 Å². The summed E-state index contributed by atoms with van der Waals surface area (Å²) in [6.07, 6.45) is 8.21. The van der Waals surface area contributed by atoms with E-state index >= 15 is 0 Å². The second-order valence-corrected chi connectivity index (χ2v) is 5.35. The van der Waals surface area contributed by atoms with Gasteiger partial charge in [0.25, 0.3) is 0 Å². The maximum atomic E-state index is 6.53. The summed E-state index contributed by atoms with van der Waals surface area (Å²) in [5.41, 5.74) is 6.90. The topological polar surface area (TPSA) is 29.3 Å². The molecule has 2 fully saturated rings. The standard InChI is InChI=1S/C13H26N2/c1-3-15(4-2)13(9-5-6-10-13)12(14)11-7-8-11/h11-12H,3-10,14H2,1-2H3. The molecular formula is C13H26N2. The van der Waals surface area contributed by atoms with Crippen LogP contribution in [0.5, 0.6) is 0 Å². The molecule has 0 radical (unpaired) electrons. The van der Waals surface area contributed by atoms with Gasteiger partial charge >= 0.3 is 0 Å². The molecule has 0 aromatic rings. The Morgan fingerprint density at radius 2 is 1.73 bits per heavy atom. The van der Waals surface area contributed by atoms with Crippen LogP contribution in [-0.2, 0) is 0 Å². The van der Waals surface area contributed by atoms with Crippen molar-refractivity contribution in [2.45, 2.75) is 64.0 Å². The van der Waals surface area contributed by atoms with Crippen LogP contribution in [-0.4, -0.2) is 29.6 Å². The zero-order valence-electron chi connectivity index (χ0n) is 10.3. The highest BCUT2D eigenvalue weighted by atomic mass is 15.2. The number of likely N-dealkylation sites (N-methyl/N-ethyl adjacent to an activating group) is 1. The van der Waals surface area contributed by atoms with Gasteiger partial charge in [-0.3, -0.25) is 4.90 Å². The molecular weight excluding hydrogens is 184 g/mol. The SMILES string of the molecule is CCN(CC)C1(C(N)C2CC2)CCCC1. The highest BCUT2D eigenvalue weighted by molar-refractivity contribution is 5.07. The van der Waals surface area contributed by atoms with Gasteiger partial charge in [-0.15, -0.1) is 0 Å². The summed E-state index contributed by atoms with van der Waals surface area (Å²) in [5, 5.41) is 0. The van der Waals surface area contributed by atoms with Gasteiger partial charge in [0.05, 0.1) is 0 Å². The highest BCUT2D eigenvalue weighted by Gasteiger charge is 2.48. The van der Waals surface area contributed by atoms with E-state index in [9.17, 15) is 0 Å². The minimum absolute atomic E-state index is 0.366. The first-order valence-corrected chi connectivity index (χ1v) is 6.75. The van der Waals surface area contributed by atoms with E-state index < -0.39 is 0 Å². The van der Waals surface area contributed by atoms with Gasteiger partial charge < -0.3 is 5.73 Å². The van der Waals surface area contributed by atoms with Gasteiger partial charge in [-0.1, -0.05) is 26.7 Å². The summed E-state index contributed by atoms with van der Waals surface area (Å²) in [6, 6.07) is 0.444. The molecule has 0 aliphatic heterocycles. The van der Waals surface area contributed by atoms with E-state index in [2.05, 4.69) is 18.7 Å². The number of nitrogens with zero attached hydrogens (tertiary/aromatic N) is 1. The van der Waals surface area contributed by atoms with Crippen LogP contribution >= 0.6 is 0 Å². The molecule has 2 nitrogen and oxygen atoms in total. The van der Waals surface area contributed by atoms with E-state index in [0.717, 1.165) is 19.0 Å². The number of hydrogen-bond donors (Lipinski definition) is 1. The van der Waals surface area contributed by atoms with Crippen molar-refractivity contribution in [3.8, 4) is 0 Å². The second-order valence-electron chi connectivity index (χ2n) is 5.35. The van der Waals surface area contributed by atoms with Crippen molar-refractivity contribution >= 4 is 0 Å². The summed E-state index contributed by atoms with van der Waals surface area (Å²) in [6.45, 7) is 6.89. The quantitative estimate of drug-likeness (QED) is 0.755. The van der Waals surface area contributed by atoms with Gasteiger partial charge in [-0.05, 0) is 44.7 Å². The number of hydrogen-bond acceptors (Lipinski definition) is 2. The molecule has 2 aliphatic rings. The van der Waals surface area contributed by atoms with Gasteiger partial charge in [0, 0.05) is 11.6 Å². The van der Waals surface area contributed by atoms with Crippen LogP contribution in [0.25, 0.3) is 0 Å². The molecule has 15 heavy (non-hydrogen) atoms. The van der Waals surface area contributed by atoms with Crippen molar-refractivity contribution in [1.29, 1.82) is 0 Å². The predicted octanol–water partition coefficient (Wildman–Crippen LogP) is 2.38. The molecule has 0 aromatic carbocycles. The van der Waals surface area contributed by atoms with Crippen LogP contribution in [0.1, 0.15) is 52.4 Å². The minimum Gasteiger partial charge on any atom is -0.326 e. The summed E-state index contributed by atoms with van der Waals surface area (Å²) in [7, 11) is 0. The lowest BCUT2D eigenvalue weighted by atomic mass is 9.83. The molecule has 2 heteroatoms. The van der Waals surface area contributed by atoms with E-state index in [1.54, 1.807) is 0 Å². The zero-order chi connectivity index (χ0) is 10.9. The van der Waals surface area contributed by atoms with Crippen molar-refractivity contribution in [3.05, 3.63) is 0 Å². The fourth-order valence-corrected chi connectivity index (χ4v) is 3.60. The molecule has 1 atom stereocenters. The summed E-state index contributed by atoms with van der Waals surface area (Å²) < 4.78 is 0. The van der Waals surface area contributed by atoms with Crippen LogP contribution in [0.2, 0.25) is 0 Å². The fraction of sp³-hybridized carbons (Fsp3) is 1.00. The zero-order valence-corrected chi connectivity index (χ0v) is 10.3.